The van der Waals surface area contributed by atoms with Gasteiger partial charge >= 0.3 is 0 Å². The van der Waals surface area contributed by atoms with Gasteiger partial charge in [0.05, 0.1) is 9.72 Å². The highest BCUT2D eigenvalue weighted by atomic mass is 79.9. The molecule has 3 rings (SSSR count). The summed E-state index contributed by atoms with van der Waals surface area (Å²) in [5, 5.41) is 0.598. The second kappa shape index (κ2) is 6.62. The van der Waals surface area contributed by atoms with Gasteiger partial charge in [0.15, 0.2) is 5.16 Å². The van der Waals surface area contributed by atoms with Gasteiger partial charge in [0, 0.05) is 25.3 Å². The van der Waals surface area contributed by atoms with Gasteiger partial charge < -0.3 is 4.90 Å². The van der Waals surface area contributed by atoms with E-state index in [0.717, 1.165) is 54.2 Å². The second-order valence-electron chi connectivity index (χ2n) is 5.65. The van der Waals surface area contributed by atoms with Crippen LogP contribution in [0, 0.1) is 0 Å². The van der Waals surface area contributed by atoms with Gasteiger partial charge in [-0.2, -0.15) is 0 Å². The zero-order valence-corrected chi connectivity index (χ0v) is 15.5. The number of nitrogens with one attached hydrogen (secondary N) is 1. The molecule has 2 aliphatic rings. The van der Waals surface area contributed by atoms with Crippen LogP contribution in [0.2, 0.25) is 0 Å². The number of hydrogen-bond acceptors (Lipinski definition) is 6. The molecule has 0 unspecified atom stereocenters. The van der Waals surface area contributed by atoms with E-state index in [9.17, 15) is 8.42 Å². The van der Waals surface area contributed by atoms with Gasteiger partial charge in [0.2, 0.25) is 10.0 Å². The summed E-state index contributed by atoms with van der Waals surface area (Å²) in [6, 6.07) is 0.0440. The highest BCUT2D eigenvalue weighted by Crippen LogP contribution is 2.30. The summed E-state index contributed by atoms with van der Waals surface area (Å²) in [6.07, 6.45) is 6.94. The van der Waals surface area contributed by atoms with Crippen molar-refractivity contribution in [3.05, 3.63) is 10.7 Å². The quantitative estimate of drug-likeness (QED) is 0.595. The van der Waals surface area contributed by atoms with Crippen LogP contribution < -0.4 is 9.62 Å². The highest BCUT2D eigenvalue weighted by Gasteiger charge is 2.37. The van der Waals surface area contributed by atoms with Crippen molar-refractivity contribution in [3.63, 3.8) is 0 Å². The molecule has 0 atom stereocenters. The molecule has 1 aromatic rings. The molecule has 122 valence electrons. The lowest BCUT2D eigenvalue weighted by atomic mass is 10.1. The summed E-state index contributed by atoms with van der Waals surface area (Å²) in [5.74, 6) is 0.892. The maximum Gasteiger partial charge on any atom is 0.214 e. The zero-order chi connectivity index (χ0) is 15.7. The number of aromatic nitrogens is 2. The lowest BCUT2D eigenvalue weighted by Gasteiger charge is -2.33. The Morgan fingerprint density at radius 2 is 2.00 bits per heavy atom. The molecule has 1 N–H and O–H groups in total. The number of nitrogens with zero attached hydrogens (tertiary/aromatic N) is 3. The first-order chi connectivity index (χ1) is 10.5. The third kappa shape index (κ3) is 3.74. The molecule has 0 radical (unpaired) electrons. The molecule has 1 aromatic heterocycles. The minimum Gasteiger partial charge on any atom is -0.355 e. The third-order valence-corrected chi connectivity index (χ3v) is 7.11. The molecule has 6 nitrogen and oxygen atoms in total. The SMILES string of the molecule is CSc1ncc(Br)c(N2CCC(NS(=O)(=O)C3CC3)CC2)n1. The standard InChI is InChI=1S/C13H19BrN4O2S2/c1-21-13-15-8-11(14)12(16-13)18-6-4-9(5-7-18)17-22(19,20)10-2-3-10/h8-10,17H,2-7H2,1H3. The molecule has 0 amide bonds. The maximum atomic E-state index is 12.0. The van der Waals surface area contributed by atoms with Crippen LogP contribution in [0.5, 0.6) is 0 Å². The molecular weight excluding hydrogens is 388 g/mol. The Labute approximate surface area is 143 Å². The van der Waals surface area contributed by atoms with Gasteiger partial charge in [-0.15, -0.1) is 0 Å². The van der Waals surface area contributed by atoms with E-state index >= 15 is 0 Å². The highest BCUT2D eigenvalue weighted by molar-refractivity contribution is 9.10. The van der Waals surface area contributed by atoms with E-state index in [1.165, 1.54) is 11.8 Å². The summed E-state index contributed by atoms with van der Waals surface area (Å²) < 4.78 is 27.7. The van der Waals surface area contributed by atoms with Crippen molar-refractivity contribution in [2.75, 3.05) is 24.2 Å². The van der Waals surface area contributed by atoms with Gasteiger partial charge in [0.25, 0.3) is 0 Å². The molecule has 1 saturated carbocycles. The Bertz CT molecular complexity index is 643. The number of hydrogen-bond donors (Lipinski definition) is 1. The number of rotatable bonds is 5. The first-order valence-corrected chi connectivity index (χ1v) is 10.9. The molecule has 1 aliphatic heterocycles. The first kappa shape index (κ1) is 16.5. The normalized spacial score (nSPS) is 20.4. The van der Waals surface area contributed by atoms with E-state index < -0.39 is 10.0 Å². The second-order valence-corrected chi connectivity index (χ2v) is 9.27. The van der Waals surface area contributed by atoms with Crippen molar-refractivity contribution in [1.29, 1.82) is 0 Å². The van der Waals surface area contributed by atoms with Crippen molar-refractivity contribution in [2.45, 2.75) is 42.1 Å². The van der Waals surface area contributed by atoms with E-state index in [4.69, 9.17) is 0 Å². The predicted octanol–water partition coefficient (Wildman–Crippen LogP) is 2.01. The molecule has 1 aliphatic carbocycles. The van der Waals surface area contributed by atoms with E-state index in [0.29, 0.717) is 0 Å². The molecule has 0 bridgehead atoms. The van der Waals surface area contributed by atoms with Crippen LogP contribution in [0.3, 0.4) is 0 Å². The van der Waals surface area contributed by atoms with E-state index in [1.54, 1.807) is 6.20 Å². The lowest BCUT2D eigenvalue weighted by Crippen LogP contribution is -2.45. The molecule has 0 aromatic carbocycles. The Balaban J connectivity index is 1.62. The summed E-state index contributed by atoms with van der Waals surface area (Å²) >= 11 is 5.01. The summed E-state index contributed by atoms with van der Waals surface area (Å²) in [6.45, 7) is 1.59. The zero-order valence-electron chi connectivity index (χ0n) is 12.3. The van der Waals surface area contributed by atoms with Crippen molar-refractivity contribution < 1.29 is 8.42 Å². The van der Waals surface area contributed by atoms with Crippen LogP contribution in [-0.4, -0.2) is 49.0 Å². The van der Waals surface area contributed by atoms with Crippen molar-refractivity contribution >= 4 is 43.5 Å². The summed E-state index contributed by atoms with van der Waals surface area (Å²) in [5.41, 5.74) is 0. The minimum atomic E-state index is -3.09. The number of halogens is 1. The fraction of sp³-hybridized carbons (Fsp3) is 0.692. The van der Waals surface area contributed by atoms with Gasteiger partial charge in [0.1, 0.15) is 5.82 Å². The number of piperidine rings is 1. The van der Waals surface area contributed by atoms with Crippen molar-refractivity contribution in [1.82, 2.24) is 14.7 Å². The van der Waals surface area contributed by atoms with Crippen LogP contribution in [0.4, 0.5) is 5.82 Å². The van der Waals surface area contributed by atoms with Gasteiger partial charge in [-0.3, -0.25) is 0 Å². The Morgan fingerprint density at radius 3 is 2.59 bits per heavy atom. The molecule has 1 saturated heterocycles. The van der Waals surface area contributed by atoms with Crippen LogP contribution in [0.25, 0.3) is 0 Å². The topological polar surface area (TPSA) is 75.2 Å². The van der Waals surface area contributed by atoms with Gasteiger partial charge in [-0.1, -0.05) is 11.8 Å². The van der Waals surface area contributed by atoms with Crippen molar-refractivity contribution in [3.8, 4) is 0 Å². The largest absolute Gasteiger partial charge is 0.355 e. The summed E-state index contributed by atoms with van der Waals surface area (Å²) in [4.78, 5) is 11.0. The van der Waals surface area contributed by atoms with Crippen LogP contribution in [0.1, 0.15) is 25.7 Å². The third-order valence-electron chi connectivity index (χ3n) is 3.97. The van der Waals surface area contributed by atoms with Crippen LogP contribution in [0.15, 0.2) is 15.8 Å². The molecule has 2 fully saturated rings. The maximum absolute atomic E-state index is 12.0. The number of sulfonamides is 1. The minimum absolute atomic E-state index is 0.0440. The van der Waals surface area contributed by atoms with Gasteiger partial charge in [-0.05, 0) is 47.9 Å². The average molecular weight is 407 g/mol. The molecular formula is C13H19BrN4O2S2. The monoisotopic (exact) mass is 406 g/mol. The van der Waals surface area contributed by atoms with E-state index in [-0.39, 0.29) is 11.3 Å². The first-order valence-electron chi connectivity index (χ1n) is 7.32. The van der Waals surface area contributed by atoms with Gasteiger partial charge in [-0.25, -0.2) is 23.1 Å². The summed E-state index contributed by atoms with van der Waals surface area (Å²) in [7, 11) is -3.09. The van der Waals surface area contributed by atoms with Crippen LogP contribution in [-0.2, 0) is 10.0 Å². The predicted molar refractivity (Wildman–Crippen MR) is 91.8 cm³/mol. The lowest BCUT2D eigenvalue weighted by molar-refractivity contribution is 0.457. The molecule has 0 spiro atoms. The Hall–Kier alpha value is -0.380. The van der Waals surface area contributed by atoms with E-state index in [1.807, 2.05) is 6.26 Å². The smallest absolute Gasteiger partial charge is 0.214 e. The Kier molecular flexibility index (Phi) is 4.96. The number of thioether (sulfide) groups is 1. The fourth-order valence-corrected chi connectivity index (χ4v) is 5.01. The molecule has 9 heteroatoms. The van der Waals surface area contributed by atoms with E-state index in [2.05, 4.69) is 35.5 Å². The van der Waals surface area contributed by atoms with Crippen LogP contribution >= 0.6 is 27.7 Å². The number of anilines is 1. The average Bonchev–Trinajstić information content (AvgIpc) is 3.34. The molecule has 22 heavy (non-hydrogen) atoms. The van der Waals surface area contributed by atoms with Crippen molar-refractivity contribution in [2.24, 2.45) is 0 Å². The Morgan fingerprint density at radius 1 is 1.32 bits per heavy atom. The molecule has 2 heterocycles. The fourth-order valence-electron chi connectivity index (χ4n) is 2.58.